The maximum absolute atomic E-state index is 13.7. The molecule has 4 rings (SSSR count). The second kappa shape index (κ2) is 9.76. The van der Waals surface area contributed by atoms with Crippen LogP contribution in [0.15, 0.2) is 54.2 Å². The lowest BCUT2D eigenvalue weighted by Crippen LogP contribution is -2.40. The minimum Gasteiger partial charge on any atom is -0.494 e. The van der Waals surface area contributed by atoms with Gasteiger partial charge < -0.3 is 14.7 Å². The van der Waals surface area contributed by atoms with E-state index in [4.69, 9.17) is 16.3 Å². The summed E-state index contributed by atoms with van der Waals surface area (Å²) in [5, 5.41) is 10.2. The number of carbonyl (C=O) groups excluding carboxylic acids is 2. The summed E-state index contributed by atoms with van der Waals surface area (Å²) < 4.78 is 5.71. The second-order valence-corrected chi connectivity index (χ2v) is 8.60. The number of hydrogen-bond acceptors (Lipinski definition) is 5. The molecule has 1 fully saturated rings. The highest BCUT2D eigenvalue weighted by molar-refractivity contribution is 6.45. The van der Waals surface area contributed by atoms with Gasteiger partial charge in [0.1, 0.15) is 11.4 Å². The van der Waals surface area contributed by atoms with Crippen LogP contribution in [0, 0.1) is 5.92 Å². The van der Waals surface area contributed by atoms with E-state index in [1.165, 1.54) is 4.90 Å². The maximum Gasteiger partial charge on any atom is 0.282 e. The van der Waals surface area contributed by atoms with Gasteiger partial charge >= 0.3 is 0 Å². The van der Waals surface area contributed by atoms with E-state index >= 15 is 0 Å². The number of aliphatic hydroxyl groups excluding tert-OH is 1. The number of halogens is 1. The molecule has 0 saturated carbocycles. The quantitative estimate of drug-likeness (QED) is 0.637. The van der Waals surface area contributed by atoms with E-state index in [9.17, 15) is 14.7 Å². The lowest BCUT2D eigenvalue weighted by molar-refractivity contribution is -0.120. The lowest BCUT2D eigenvalue weighted by Gasteiger charge is -2.34. The number of imide groups is 1. The normalized spacial score (nSPS) is 19.2. The fourth-order valence-electron chi connectivity index (χ4n) is 4.27. The molecule has 0 bridgehead atoms. The van der Waals surface area contributed by atoms with Crippen molar-refractivity contribution in [3.8, 4) is 5.75 Å². The van der Waals surface area contributed by atoms with E-state index in [1.807, 2.05) is 17.9 Å². The summed E-state index contributed by atoms with van der Waals surface area (Å²) >= 11 is 6.06. The highest BCUT2D eigenvalue weighted by Gasteiger charge is 2.43. The van der Waals surface area contributed by atoms with Crippen LogP contribution in [0.4, 0.5) is 5.69 Å². The van der Waals surface area contributed by atoms with E-state index in [2.05, 4.69) is 0 Å². The Kier molecular flexibility index (Phi) is 6.82. The van der Waals surface area contributed by atoms with Gasteiger partial charge in [-0.15, -0.1) is 0 Å². The Bertz CT molecular complexity index is 1030. The monoisotopic (exact) mass is 454 g/mol. The molecule has 2 aromatic rings. The summed E-state index contributed by atoms with van der Waals surface area (Å²) in [6.45, 7) is 3.83. The van der Waals surface area contributed by atoms with E-state index in [-0.39, 0.29) is 24.3 Å². The van der Waals surface area contributed by atoms with Crippen molar-refractivity contribution in [2.24, 2.45) is 5.92 Å². The molecule has 7 heteroatoms. The van der Waals surface area contributed by atoms with Crippen LogP contribution < -0.4 is 9.64 Å². The van der Waals surface area contributed by atoms with Crippen molar-refractivity contribution in [1.29, 1.82) is 0 Å². The molecule has 2 aliphatic rings. The molecule has 1 saturated heterocycles. The molecule has 1 N–H and O–H groups in total. The molecule has 1 atom stereocenters. The second-order valence-electron chi connectivity index (χ2n) is 8.16. The van der Waals surface area contributed by atoms with E-state index in [0.29, 0.717) is 53.0 Å². The smallest absolute Gasteiger partial charge is 0.282 e. The number of benzene rings is 2. The molecular weight excluding hydrogens is 428 g/mol. The summed E-state index contributed by atoms with van der Waals surface area (Å²) in [6, 6.07) is 14.0. The van der Waals surface area contributed by atoms with Crippen LogP contribution in [-0.4, -0.2) is 48.1 Å². The summed E-state index contributed by atoms with van der Waals surface area (Å²) in [6.07, 6.45) is 2.61. The predicted molar refractivity (Wildman–Crippen MR) is 124 cm³/mol. The number of amides is 2. The number of ether oxygens (including phenoxy) is 1. The Morgan fingerprint density at radius 3 is 2.62 bits per heavy atom. The Hall–Kier alpha value is -2.83. The zero-order valence-electron chi connectivity index (χ0n) is 18.1. The van der Waals surface area contributed by atoms with Gasteiger partial charge in [-0.05, 0) is 55.0 Å². The van der Waals surface area contributed by atoms with E-state index in [0.717, 1.165) is 19.3 Å². The molecule has 2 heterocycles. The number of nitrogens with zero attached hydrogens (tertiary/aromatic N) is 2. The molecule has 2 aliphatic heterocycles. The molecule has 2 aromatic carbocycles. The van der Waals surface area contributed by atoms with Gasteiger partial charge in [-0.2, -0.15) is 0 Å². The first kappa shape index (κ1) is 22.4. The predicted octanol–water partition coefficient (Wildman–Crippen LogP) is 4.12. The van der Waals surface area contributed by atoms with Crippen LogP contribution in [-0.2, 0) is 9.59 Å². The first-order chi connectivity index (χ1) is 15.5. The average Bonchev–Trinajstić information content (AvgIpc) is 3.08. The zero-order chi connectivity index (χ0) is 22.7. The molecule has 32 heavy (non-hydrogen) atoms. The van der Waals surface area contributed by atoms with Crippen molar-refractivity contribution in [3.05, 3.63) is 64.8 Å². The van der Waals surface area contributed by atoms with Gasteiger partial charge in [0, 0.05) is 30.8 Å². The third kappa shape index (κ3) is 4.38. The average molecular weight is 455 g/mol. The molecule has 0 spiro atoms. The van der Waals surface area contributed by atoms with Crippen molar-refractivity contribution in [1.82, 2.24) is 4.90 Å². The number of anilines is 1. The summed E-state index contributed by atoms with van der Waals surface area (Å²) in [5.41, 5.74) is 1.88. The fraction of sp³-hybridized carbons (Fsp3) is 0.360. The molecule has 0 radical (unpaired) electrons. The van der Waals surface area contributed by atoms with Gasteiger partial charge in [-0.1, -0.05) is 36.7 Å². The molecule has 168 valence electrons. The third-order valence-corrected chi connectivity index (χ3v) is 6.09. The third-order valence-electron chi connectivity index (χ3n) is 5.83. The van der Waals surface area contributed by atoms with Crippen molar-refractivity contribution in [2.75, 3.05) is 31.2 Å². The van der Waals surface area contributed by atoms with Crippen LogP contribution in [0.3, 0.4) is 0 Å². The van der Waals surface area contributed by atoms with Crippen molar-refractivity contribution < 1.29 is 19.4 Å². The van der Waals surface area contributed by atoms with Crippen molar-refractivity contribution in [2.45, 2.75) is 26.2 Å². The Labute approximate surface area is 193 Å². The highest BCUT2D eigenvalue weighted by atomic mass is 35.5. The number of likely N-dealkylation sites (tertiary alicyclic amines) is 1. The van der Waals surface area contributed by atoms with Crippen LogP contribution in [0.2, 0.25) is 5.02 Å². The van der Waals surface area contributed by atoms with Crippen molar-refractivity contribution in [3.63, 3.8) is 0 Å². The maximum atomic E-state index is 13.7. The largest absolute Gasteiger partial charge is 0.494 e. The summed E-state index contributed by atoms with van der Waals surface area (Å²) in [7, 11) is 0. The number of piperidine rings is 1. The standard InChI is InChI=1S/C25H27ClN2O4/c1-2-13-32-21-7-3-6-20(14-21)28-24(30)22(18-8-10-19(26)11-9-18)23(25(28)31)27-12-4-5-17(15-27)16-29/h3,6-11,14,17,29H,2,4-5,12-13,15-16H2,1H3. The van der Waals surface area contributed by atoms with Crippen LogP contribution in [0.5, 0.6) is 5.75 Å². The Morgan fingerprint density at radius 1 is 1.12 bits per heavy atom. The summed E-state index contributed by atoms with van der Waals surface area (Å²) in [4.78, 5) is 30.5. The molecule has 0 aromatic heterocycles. The van der Waals surface area contributed by atoms with Gasteiger partial charge in [-0.3, -0.25) is 9.59 Å². The number of aliphatic hydroxyl groups is 1. The minimum absolute atomic E-state index is 0.0583. The van der Waals surface area contributed by atoms with E-state index in [1.54, 1.807) is 42.5 Å². The summed E-state index contributed by atoms with van der Waals surface area (Å²) in [5.74, 6) is -0.0348. The topological polar surface area (TPSA) is 70.1 Å². The lowest BCUT2D eigenvalue weighted by atomic mass is 9.97. The fourth-order valence-corrected chi connectivity index (χ4v) is 4.40. The SMILES string of the molecule is CCCOc1cccc(N2C(=O)C(c3ccc(Cl)cc3)=C(N3CCCC(CO)C3)C2=O)c1. The van der Waals surface area contributed by atoms with E-state index < -0.39 is 0 Å². The molecule has 1 unspecified atom stereocenters. The zero-order valence-corrected chi connectivity index (χ0v) is 18.8. The van der Waals surface area contributed by atoms with Crippen LogP contribution >= 0.6 is 11.6 Å². The molecule has 0 aliphatic carbocycles. The molecule has 6 nitrogen and oxygen atoms in total. The van der Waals surface area contributed by atoms with Gasteiger partial charge in [0.2, 0.25) is 0 Å². The van der Waals surface area contributed by atoms with Crippen molar-refractivity contribution >= 4 is 34.7 Å². The van der Waals surface area contributed by atoms with Gasteiger partial charge in [0.15, 0.2) is 0 Å². The highest BCUT2D eigenvalue weighted by Crippen LogP contribution is 2.37. The van der Waals surface area contributed by atoms with Crippen LogP contribution in [0.1, 0.15) is 31.7 Å². The van der Waals surface area contributed by atoms with Gasteiger partial charge in [0.25, 0.3) is 11.8 Å². The number of hydrogen-bond donors (Lipinski definition) is 1. The number of carbonyl (C=O) groups is 2. The molecular formula is C25H27ClN2O4. The van der Waals surface area contributed by atoms with Gasteiger partial charge in [0.05, 0.1) is 17.9 Å². The van der Waals surface area contributed by atoms with Crippen LogP contribution in [0.25, 0.3) is 5.57 Å². The minimum atomic E-state index is -0.369. The first-order valence-corrected chi connectivity index (χ1v) is 11.4. The molecule has 2 amide bonds. The Balaban J connectivity index is 1.75. The first-order valence-electron chi connectivity index (χ1n) is 11.0. The number of rotatable bonds is 7. The van der Waals surface area contributed by atoms with Gasteiger partial charge in [-0.25, -0.2) is 4.90 Å². The Morgan fingerprint density at radius 2 is 1.91 bits per heavy atom.